The van der Waals surface area contributed by atoms with E-state index in [0.717, 1.165) is 17.1 Å². The molecule has 0 bridgehead atoms. The highest BCUT2D eigenvalue weighted by Gasteiger charge is 2.39. The Morgan fingerprint density at radius 2 is 0.952 bits per heavy atom. The van der Waals surface area contributed by atoms with E-state index in [4.69, 9.17) is 0 Å². The van der Waals surface area contributed by atoms with Crippen molar-refractivity contribution < 1.29 is 0 Å². The van der Waals surface area contributed by atoms with Crippen molar-refractivity contribution in [2.45, 2.75) is 38.5 Å². The highest BCUT2D eigenvalue weighted by Crippen LogP contribution is 2.56. The van der Waals surface area contributed by atoms with Crippen molar-refractivity contribution in [3.05, 3.63) is 229 Å². The van der Waals surface area contributed by atoms with Crippen LogP contribution in [-0.2, 0) is 10.8 Å². The van der Waals surface area contributed by atoms with Gasteiger partial charge in [0.2, 0.25) is 0 Å². The summed E-state index contributed by atoms with van der Waals surface area (Å²) in [4.78, 5) is 2.54. The monoisotopic (exact) mass is 794 g/mol. The molecule has 2 aliphatic rings. The smallest absolute Gasteiger partial charge is 0.0543 e. The molecule has 0 saturated carbocycles. The molecule has 0 amide bonds. The Hall–Kier alpha value is -7.42. The first-order valence-electron chi connectivity index (χ1n) is 21.9. The van der Waals surface area contributed by atoms with Crippen molar-refractivity contribution in [3.63, 3.8) is 0 Å². The molecule has 2 aliphatic carbocycles. The summed E-state index contributed by atoms with van der Waals surface area (Å²) in [6.45, 7) is 9.51. The van der Waals surface area contributed by atoms with E-state index in [1.165, 1.54) is 94.3 Å². The average Bonchev–Trinajstić information content (AvgIpc) is 3.87. The Labute approximate surface area is 364 Å². The lowest BCUT2D eigenvalue weighted by atomic mass is 9.79. The second kappa shape index (κ2) is 13.5. The summed E-state index contributed by atoms with van der Waals surface area (Å²) >= 11 is 0. The summed E-state index contributed by atoms with van der Waals surface area (Å²) in [5.74, 6) is 0. The normalized spacial score (nSPS) is 14.1. The number of rotatable bonds is 6. The second-order valence-corrected chi connectivity index (χ2v) is 18.1. The van der Waals surface area contributed by atoms with Crippen LogP contribution < -0.4 is 4.90 Å². The molecule has 296 valence electrons. The van der Waals surface area contributed by atoms with Crippen LogP contribution in [0.1, 0.15) is 49.9 Å². The van der Waals surface area contributed by atoms with E-state index in [9.17, 15) is 0 Å². The predicted molar refractivity (Wildman–Crippen MR) is 261 cm³/mol. The van der Waals surface area contributed by atoms with Crippen LogP contribution in [-0.4, -0.2) is 4.57 Å². The van der Waals surface area contributed by atoms with Crippen molar-refractivity contribution in [1.82, 2.24) is 4.57 Å². The van der Waals surface area contributed by atoms with Crippen LogP contribution in [0, 0.1) is 0 Å². The zero-order chi connectivity index (χ0) is 41.7. The Kier molecular flexibility index (Phi) is 7.96. The van der Waals surface area contributed by atoms with Gasteiger partial charge in [0, 0.05) is 44.1 Å². The fourth-order valence-corrected chi connectivity index (χ4v) is 11.1. The quantitative estimate of drug-likeness (QED) is 0.163. The van der Waals surface area contributed by atoms with Gasteiger partial charge in [-0.05, 0) is 110 Å². The average molecular weight is 795 g/mol. The summed E-state index contributed by atoms with van der Waals surface area (Å²) < 4.78 is 2.39. The van der Waals surface area contributed by atoms with Gasteiger partial charge in [-0.3, -0.25) is 0 Å². The molecule has 0 atom stereocenters. The molecule has 0 spiro atoms. The van der Waals surface area contributed by atoms with E-state index in [2.05, 4.69) is 243 Å². The van der Waals surface area contributed by atoms with E-state index in [0.29, 0.717) is 0 Å². The molecule has 0 aliphatic heterocycles. The number of hydrogen-bond acceptors (Lipinski definition) is 1. The molecular formula is C60H46N2. The number of anilines is 3. The zero-order valence-electron chi connectivity index (χ0n) is 35.5. The third kappa shape index (κ3) is 5.23. The van der Waals surface area contributed by atoms with Gasteiger partial charge < -0.3 is 9.47 Å². The summed E-state index contributed by atoms with van der Waals surface area (Å²) in [6.07, 6.45) is 0. The van der Waals surface area contributed by atoms with Crippen molar-refractivity contribution in [2.75, 3.05) is 4.90 Å². The topological polar surface area (TPSA) is 8.17 Å². The number of benzene rings is 9. The van der Waals surface area contributed by atoms with Crippen molar-refractivity contribution in [2.24, 2.45) is 0 Å². The van der Waals surface area contributed by atoms with E-state index in [-0.39, 0.29) is 10.8 Å². The van der Waals surface area contributed by atoms with Crippen LogP contribution in [0.4, 0.5) is 17.1 Å². The SMILES string of the molecule is CC1(C)c2ccccc2-c2c(N(c3cccc(-c4cccc5c4C(C)(C)c4ccccc4-5)c3)c3ccccc3-c3ccc4c(c3)c3ccccc3n4-c3ccccc3)cccc21. The van der Waals surface area contributed by atoms with Crippen LogP contribution in [0.2, 0.25) is 0 Å². The van der Waals surface area contributed by atoms with Gasteiger partial charge in [0.05, 0.1) is 22.4 Å². The minimum Gasteiger partial charge on any atom is -0.309 e. The van der Waals surface area contributed by atoms with Gasteiger partial charge in [-0.1, -0.05) is 179 Å². The molecule has 62 heavy (non-hydrogen) atoms. The first kappa shape index (κ1) is 36.4. The van der Waals surface area contributed by atoms with Crippen LogP contribution >= 0.6 is 0 Å². The molecule has 0 radical (unpaired) electrons. The lowest BCUT2D eigenvalue weighted by molar-refractivity contribution is 0.660. The predicted octanol–water partition coefficient (Wildman–Crippen LogP) is 16.2. The lowest BCUT2D eigenvalue weighted by Crippen LogP contribution is -2.17. The van der Waals surface area contributed by atoms with Crippen LogP contribution in [0.25, 0.3) is 72.0 Å². The summed E-state index contributed by atoms with van der Waals surface area (Å²) in [5, 5.41) is 2.48. The van der Waals surface area contributed by atoms with Crippen molar-refractivity contribution in [1.29, 1.82) is 0 Å². The number of aromatic nitrogens is 1. The maximum absolute atomic E-state index is 2.54. The minimum absolute atomic E-state index is 0.136. The van der Waals surface area contributed by atoms with Crippen LogP contribution in [0.5, 0.6) is 0 Å². The lowest BCUT2D eigenvalue weighted by Gasteiger charge is -2.31. The van der Waals surface area contributed by atoms with Gasteiger partial charge >= 0.3 is 0 Å². The first-order valence-corrected chi connectivity index (χ1v) is 21.9. The van der Waals surface area contributed by atoms with Gasteiger partial charge in [-0.15, -0.1) is 0 Å². The van der Waals surface area contributed by atoms with Gasteiger partial charge in [-0.25, -0.2) is 0 Å². The van der Waals surface area contributed by atoms with E-state index in [1.54, 1.807) is 0 Å². The third-order valence-electron chi connectivity index (χ3n) is 14.0. The third-order valence-corrected chi connectivity index (χ3v) is 14.0. The second-order valence-electron chi connectivity index (χ2n) is 18.1. The largest absolute Gasteiger partial charge is 0.309 e. The maximum atomic E-state index is 2.54. The number of fused-ring (bicyclic) bond motifs is 9. The van der Waals surface area contributed by atoms with Gasteiger partial charge in [0.15, 0.2) is 0 Å². The molecular weight excluding hydrogens is 749 g/mol. The Morgan fingerprint density at radius 1 is 0.371 bits per heavy atom. The fourth-order valence-electron chi connectivity index (χ4n) is 11.1. The highest BCUT2D eigenvalue weighted by atomic mass is 15.1. The molecule has 0 unspecified atom stereocenters. The Balaban J connectivity index is 1.10. The minimum atomic E-state index is -0.141. The van der Waals surface area contributed by atoms with Crippen LogP contribution in [0.15, 0.2) is 206 Å². The Morgan fingerprint density at radius 3 is 1.79 bits per heavy atom. The van der Waals surface area contributed by atoms with Gasteiger partial charge in [-0.2, -0.15) is 0 Å². The standard InChI is InChI=1S/C60H46N2/c1-59(2)51-30-13-9-26-48(51)57-52(59)31-18-34-56(57)62(42-22-16-19-39(37-42)44-27-17-28-47-45-24-8-12-29-50(45)60(3,4)58(44)47)53-32-14-10-23-43(53)40-35-36-55-49(38-40)46-25-11-15-33-54(46)61(55)41-20-6-5-7-21-41/h5-38H,1-4H3. The summed E-state index contributed by atoms with van der Waals surface area (Å²) in [5.41, 5.74) is 22.4. The number of hydrogen-bond donors (Lipinski definition) is 0. The molecule has 10 aromatic rings. The van der Waals surface area contributed by atoms with E-state index >= 15 is 0 Å². The number of para-hydroxylation sites is 3. The molecule has 1 heterocycles. The maximum Gasteiger partial charge on any atom is 0.0543 e. The fraction of sp³-hybridized carbons (Fsp3) is 0.100. The van der Waals surface area contributed by atoms with Gasteiger partial charge in [0.25, 0.3) is 0 Å². The molecule has 9 aromatic carbocycles. The molecule has 12 rings (SSSR count). The van der Waals surface area contributed by atoms with Crippen LogP contribution in [0.3, 0.4) is 0 Å². The highest BCUT2D eigenvalue weighted by molar-refractivity contribution is 6.11. The molecule has 0 N–H and O–H groups in total. The molecule has 2 heteroatoms. The molecule has 0 saturated heterocycles. The molecule has 0 fully saturated rings. The van der Waals surface area contributed by atoms with Crippen molar-refractivity contribution >= 4 is 38.9 Å². The number of nitrogens with zero attached hydrogens (tertiary/aromatic N) is 2. The summed E-state index contributed by atoms with van der Waals surface area (Å²) in [6, 6.07) is 76.6. The Bertz CT molecular complexity index is 3420. The van der Waals surface area contributed by atoms with Gasteiger partial charge in [0.1, 0.15) is 0 Å². The first-order chi connectivity index (χ1) is 30.3. The van der Waals surface area contributed by atoms with E-state index in [1.807, 2.05) is 0 Å². The zero-order valence-corrected chi connectivity index (χ0v) is 35.5. The van der Waals surface area contributed by atoms with E-state index < -0.39 is 0 Å². The summed E-state index contributed by atoms with van der Waals surface area (Å²) in [7, 11) is 0. The molecule has 2 nitrogen and oxygen atoms in total. The molecule has 1 aromatic heterocycles. The van der Waals surface area contributed by atoms with Crippen molar-refractivity contribution in [3.8, 4) is 50.2 Å².